The molecule has 3 nitrogen and oxygen atoms in total. The number of nitrogens with zero attached hydrogens (tertiary/aromatic N) is 3. The fourth-order valence-electron chi connectivity index (χ4n) is 1.99. The number of halogens is 3. The van der Waals surface area contributed by atoms with Gasteiger partial charge in [-0.1, -0.05) is 40.9 Å². The first-order valence-corrected chi connectivity index (χ1v) is 6.68. The molecule has 0 amide bonds. The SMILES string of the molecule is C[n+]1cc(Cl)c2nn(-c3c(Cl)cccc3Cl)cc2c1. The third-order valence-corrected chi connectivity index (χ3v) is 3.68. The van der Waals surface area contributed by atoms with Crippen LogP contribution in [0.2, 0.25) is 15.1 Å². The van der Waals surface area contributed by atoms with Gasteiger partial charge in [-0.2, -0.15) is 5.10 Å². The normalized spacial score (nSPS) is 11.2. The van der Waals surface area contributed by atoms with Gasteiger partial charge in [-0.25, -0.2) is 9.25 Å². The van der Waals surface area contributed by atoms with Gasteiger partial charge in [-0.15, -0.1) is 0 Å². The van der Waals surface area contributed by atoms with Crippen molar-refractivity contribution < 1.29 is 4.57 Å². The Morgan fingerprint density at radius 3 is 2.42 bits per heavy atom. The van der Waals surface area contributed by atoms with Crippen LogP contribution in [0.15, 0.2) is 36.8 Å². The Hall–Kier alpha value is -1.29. The van der Waals surface area contributed by atoms with E-state index >= 15 is 0 Å². The average molecular weight is 314 g/mol. The van der Waals surface area contributed by atoms with Crippen LogP contribution in [0.1, 0.15) is 0 Å². The van der Waals surface area contributed by atoms with Crippen molar-refractivity contribution >= 4 is 45.7 Å². The van der Waals surface area contributed by atoms with Crippen molar-refractivity contribution in [1.82, 2.24) is 9.78 Å². The second kappa shape index (κ2) is 4.67. The van der Waals surface area contributed by atoms with E-state index in [1.807, 2.05) is 24.0 Å². The Kier molecular flexibility index (Phi) is 3.13. The summed E-state index contributed by atoms with van der Waals surface area (Å²) in [6, 6.07) is 5.35. The summed E-state index contributed by atoms with van der Waals surface area (Å²) < 4.78 is 3.53. The van der Waals surface area contributed by atoms with Crippen LogP contribution >= 0.6 is 34.8 Å². The van der Waals surface area contributed by atoms with Gasteiger partial charge < -0.3 is 0 Å². The van der Waals surface area contributed by atoms with Crippen LogP contribution in [0.3, 0.4) is 0 Å². The van der Waals surface area contributed by atoms with E-state index in [1.165, 1.54) is 0 Å². The van der Waals surface area contributed by atoms with Gasteiger partial charge >= 0.3 is 0 Å². The van der Waals surface area contributed by atoms with Gasteiger partial charge in [-0.05, 0) is 12.1 Å². The van der Waals surface area contributed by atoms with Crippen molar-refractivity contribution in [2.45, 2.75) is 0 Å². The van der Waals surface area contributed by atoms with Crippen LogP contribution in [0, 0.1) is 0 Å². The molecular weight excluding hydrogens is 305 g/mol. The van der Waals surface area contributed by atoms with Gasteiger partial charge in [0.05, 0.1) is 15.4 Å². The highest BCUT2D eigenvalue weighted by atomic mass is 35.5. The molecule has 1 aromatic carbocycles. The number of hydrogen-bond acceptors (Lipinski definition) is 1. The Bertz CT molecular complexity index is 760. The molecule has 19 heavy (non-hydrogen) atoms. The van der Waals surface area contributed by atoms with E-state index in [2.05, 4.69) is 5.10 Å². The van der Waals surface area contributed by atoms with Gasteiger partial charge in [0.2, 0.25) is 0 Å². The van der Waals surface area contributed by atoms with Crippen LogP contribution in [-0.2, 0) is 7.05 Å². The highest BCUT2D eigenvalue weighted by Gasteiger charge is 2.14. The molecule has 0 atom stereocenters. The second-order valence-electron chi connectivity index (χ2n) is 4.22. The molecule has 0 saturated heterocycles. The fraction of sp³-hybridized carbons (Fsp3) is 0.0769. The molecular formula is C13H9Cl3N3+. The van der Waals surface area contributed by atoms with E-state index in [0.717, 1.165) is 10.9 Å². The minimum absolute atomic E-state index is 0.542. The lowest BCUT2D eigenvalue weighted by molar-refractivity contribution is -0.670. The molecule has 2 aromatic heterocycles. The monoisotopic (exact) mass is 312 g/mol. The summed E-state index contributed by atoms with van der Waals surface area (Å²) in [6.45, 7) is 0. The second-order valence-corrected chi connectivity index (χ2v) is 5.44. The lowest BCUT2D eigenvalue weighted by Gasteiger charge is -2.05. The molecule has 2 heterocycles. The molecule has 0 spiro atoms. The first-order chi connectivity index (χ1) is 9.06. The van der Waals surface area contributed by atoms with E-state index in [9.17, 15) is 0 Å². The summed E-state index contributed by atoms with van der Waals surface area (Å²) in [6.07, 6.45) is 5.60. The Morgan fingerprint density at radius 1 is 1.05 bits per heavy atom. The summed E-state index contributed by atoms with van der Waals surface area (Å²) >= 11 is 18.5. The van der Waals surface area contributed by atoms with Crippen LogP contribution in [-0.4, -0.2) is 9.78 Å². The van der Waals surface area contributed by atoms with Crippen LogP contribution < -0.4 is 4.57 Å². The van der Waals surface area contributed by atoms with Crippen LogP contribution in [0.5, 0.6) is 0 Å². The van der Waals surface area contributed by atoms with Gasteiger partial charge in [0.1, 0.15) is 23.3 Å². The predicted molar refractivity (Wildman–Crippen MR) is 77.3 cm³/mol. The number of aryl methyl sites for hydroxylation is 1. The summed E-state index contributed by atoms with van der Waals surface area (Å²) in [5.74, 6) is 0. The molecule has 0 aliphatic rings. The zero-order valence-corrected chi connectivity index (χ0v) is 12.2. The predicted octanol–water partition coefficient (Wildman–Crippen LogP) is 3.81. The van der Waals surface area contributed by atoms with E-state index in [0.29, 0.717) is 20.8 Å². The van der Waals surface area contributed by atoms with E-state index in [1.54, 1.807) is 29.1 Å². The molecule has 6 heteroatoms. The number of hydrogen-bond donors (Lipinski definition) is 0. The zero-order valence-electron chi connectivity index (χ0n) is 9.94. The van der Waals surface area contributed by atoms with E-state index in [-0.39, 0.29) is 0 Å². The van der Waals surface area contributed by atoms with Crippen LogP contribution in [0.25, 0.3) is 16.6 Å². The first-order valence-electron chi connectivity index (χ1n) is 5.55. The maximum Gasteiger partial charge on any atom is 0.189 e. The maximum atomic E-state index is 6.18. The number of benzene rings is 1. The molecule has 0 fully saturated rings. The third-order valence-electron chi connectivity index (χ3n) is 2.80. The minimum Gasteiger partial charge on any atom is -0.236 e. The largest absolute Gasteiger partial charge is 0.236 e. The summed E-state index contributed by atoms with van der Waals surface area (Å²) in [5.41, 5.74) is 1.37. The lowest BCUT2D eigenvalue weighted by Crippen LogP contribution is -2.26. The molecule has 0 aliphatic carbocycles. The third kappa shape index (κ3) is 2.18. The molecule has 96 valence electrons. The number of fused-ring (bicyclic) bond motifs is 1. The fourth-order valence-corrected chi connectivity index (χ4v) is 2.86. The van der Waals surface area contributed by atoms with Crippen molar-refractivity contribution in [2.24, 2.45) is 7.05 Å². The average Bonchev–Trinajstić information content (AvgIpc) is 2.72. The van der Waals surface area contributed by atoms with Gasteiger partial charge in [0.15, 0.2) is 12.4 Å². The maximum absolute atomic E-state index is 6.18. The quantitative estimate of drug-likeness (QED) is 0.626. The number of para-hydroxylation sites is 1. The van der Waals surface area contributed by atoms with Crippen molar-refractivity contribution in [3.63, 3.8) is 0 Å². The highest BCUT2D eigenvalue weighted by Crippen LogP contribution is 2.29. The summed E-state index contributed by atoms with van der Waals surface area (Å²) in [4.78, 5) is 0. The smallest absolute Gasteiger partial charge is 0.189 e. The molecule has 0 unspecified atom stereocenters. The summed E-state index contributed by atoms with van der Waals surface area (Å²) in [7, 11) is 1.91. The molecule has 0 bridgehead atoms. The standard InChI is InChI=1S/C13H9Cl3N3/c1-18-5-8-6-19(17-12(8)11(16)7-18)13-9(14)3-2-4-10(13)15/h2-7H,1H3/q+1. The topological polar surface area (TPSA) is 21.7 Å². The van der Waals surface area contributed by atoms with Crippen molar-refractivity contribution in [2.75, 3.05) is 0 Å². The number of pyridine rings is 1. The number of rotatable bonds is 1. The van der Waals surface area contributed by atoms with Gasteiger partial charge in [-0.3, -0.25) is 0 Å². The van der Waals surface area contributed by atoms with Gasteiger partial charge in [0, 0.05) is 6.20 Å². The Morgan fingerprint density at radius 2 is 1.74 bits per heavy atom. The molecule has 0 N–H and O–H groups in total. The van der Waals surface area contributed by atoms with Crippen molar-refractivity contribution in [3.8, 4) is 5.69 Å². The molecule has 0 radical (unpaired) electrons. The van der Waals surface area contributed by atoms with E-state index < -0.39 is 0 Å². The van der Waals surface area contributed by atoms with E-state index in [4.69, 9.17) is 34.8 Å². The van der Waals surface area contributed by atoms with Gasteiger partial charge in [0.25, 0.3) is 0 Å². The molecule has 0 saturated carbocycles. The summed E-state index contributed by atoms with van der Waals surface area (Å²) in [5, 5.41) is 7.04. The Balaban J connectivity index is 2.30. The van der Waals surface area contributed by atoms with Crippen molar-refractivity contribution in [1.29, 1.82) is 0 Å². The first kappa shape index (κ1) is 12.7. The van der Waals surface area contributed by atoms with Crippen molar-refractivity contribution in [3.05, 3.63) is 51.9 Å². The van der Waals surface area contributed by atoms with Crippen LogP contribution in [0.4, 0.5) is 0 Å². The highest BCUT2D eigenvalue weighted by molar-refractivity contribution is 6.37. The Labute approximate surface area is 124 Å². The molecule has 3 aromatic rings. The minimum atomic E-state index is 0.542. The molecule has 0 aliphatic heterocycles. The zero-order chi connectivity index (χ0) is 13.6. The number of aromatic nitrogens is 3. The molecule has 3 rings (SSSR count). The lowest BCUT2D eigenvalue weighted by atomic mass is 10.3.